The molecule has 6 heteroatoms. The topological polar surface area (TPSA) is 63.1 Å². The summed E-state index contributed by atoms with van der Waals surface area (Å²) in [5.41, 5.74) is 0.709. The van der Waals surface area contributed by atoms with Crippen molar-refractivity contribution in [2.24, 2.45) is 5.92 Å². The van der Waals surface area contributed by atoms with E-state index in [4.69, 9.17) is 0 Å². The van der Waals surface area contributed by atoms with E-state index in [-0.39, 0.29) is 6.03 Å². The molecule has 2 fully saturated rings. The number of carbonyl (C=O) groups excluding carboxylic acids is 1. The van der Waals surface area contributed by atoms with Crippen LogP contribution in [-0.4, -0.2) is 38.3 Å². The summed E-state index contributed by atoms with van der Waals surface area (Å²) in [5.74, 6) is 1.44. The van der Waals surface area contributed by atoms with Crippen LogP contribution in [-0.2, 0) is 0 Å². The summed E-state index contributed by atoms with van der Waals surface area (Å²) >= 11 is 0. The van der Waals surface area contributed by atoms with Crippen molar-refractivity contribution >= 4 is 11.7 Å². The van der Waals surface area contributed by atoms with E-state index in [2.05, 4.69) is 15.4 Å². The molecule has 1 saturated heterocycles. The Hall–Kier alpha value is -2.37. The van der Waals surface area contributed by atoms with Gasteiger partial charge in [0.1, 0.15) is 0 Å². The standard InChI is InChI=1S/C17H21N5O/c23-17(21-10-4-6-13-5-3-7-15(13)21)20-14-11-19-22(12-14)16-8-1-2-9-18-16/h1-2,8-9,11-13,15H,3-7,10H2,(H,20,23)/t13-,15-/m1/s1. The van der Waals surface area contributed by atoms with E-state index in [1.807, 2.05) is 23.1 Å². The molecule has 120 valence electrons. The maximum Gasteiger partial charge on any atom is 0.322 e. The molecular formula is C17H21N5O. The highest BCUT2D eigenvalue weighted by Gasteiger charge is 2.37. The van der Waals surface area contributed by atoms with Crippen LogP contribution in [0.25, 0.3) is 5.82 Å². The third-order valence-corrected chi connectivity index (χ3v) is 4.97. The SMILES string of the molecule is O=C(Nc1cnn(-c2ccccn2)c1)N1CCC[C@H]2CCC[C@H]21. The lowest BCUT2D eigenvalue weighted by atomic mass is 9.92. The fourth-order valence-electron chi connectivity index (χ4n) is 3.90. The van der Waals surface area contributed by atoms with Gasteiger partial charge in [0.05, 0.1) is 18.1 Å². The van der Waals surface area contributed by atoms with Crippen LogP contribution in [0, 0.1) is 5.92 Å². The molecule has 2 aromatic heterocycles. The first kappa shape index (κ1) is 14.2. The summed E-state index contributed by atoms with van der Waals surface area (Å²) in [6.07, 6.45) is 11.2. The molecule has 3 heterocycles. The van der Waals surface area contributed by atoms with Gasteiger partial charge in [0.2, 0.25) is 0 Å². The van der Waals surface area contributed by atoms with Crippen LogP contribution in [0.2, 0.25) is 0 Å². The number of hydrogen-bond donors (Lipinski definition) is 1. The number of piperidine rings is 1. The van der Waals surface area contributed by atoms with Crippen molar-refractivity contribution in [3.63, 3.8) is 0 Å². The maximum atomic E-state index is 12.6. The number of likely N-dealkylation sites (tertiary alicyclic amines) is 1. The molecule has 6 nitrogen and oxygen atoms in total. The first-order chi connectivity index (χ1) is 11.3. The Bertz CT molecular complexity index is 683. The maximum absolute atomic E-state index is 12.6. The third kappa shape index (κ3) is 2.81. The molecule has 0 bridgehead atoms. The van der Waals surface area contributed by atoms with Gasteiger partial charge >= 0.3 is 6.03 Å². The van der Waals surface area contributed by atoms with Crippen molar-refractivity contribution in [1.29, 1.82) is 0 Å². The number of nitrogens with zero attached hydrogens (tertiary/aromatic N) is 4. The fraction of sp³-hybridized carbons (Fsp3) is 0.471. The Morgan fingerprint density at radius 2 is 2.13 bits per heavy atom. The molecule has 23 heavy (non-hydrogen) atoms. The van der Waals surface area contributed by atoms with Crippen LogP contribution in [0.5, 0.6) is 0 Å². The van der Waals surface area contributed by atoms with Crippen molar-refractivity contribution < 1.29 is 4.79 Å². The van der Waals surface area contributed by atoms with Crippen molar-refractivity contribution in [3.05, 3.63) is 36.8 Å². The lowest BCUT2D eigenvalue weighted by Crippen LogP contribution is -2.48. The van der Waals surface area contributed by atoms with E-state index in [1.165, 1.54) is 19.3 Å². The van der Waals surface area contributed by atoms with Gasteiger partial charge in [0, 0.05) is 18.8 Å². The molecule has 2 aliphatic rings. The zero-order valence-corrected chi connectivity index (χ0v) is 13.1. The number of carbonyl (C=O) groups is 1. The Kier molecular flexibility index (Phi) is 3.73. The Morgan fingerprint density at radius 3 is 3.00 bits per heavy atom. The second-order valence-corrected chi connectivity index (χ2v) is 6.39. The molecule has 0 spiro atoms. The number of nitrogens with one attached hydrogen (secondary N) is 1. The lowest BCUT2D eigenvalue weighted by Gasteiger charge is -2.37. The summed E-state index contributed by atoms with van der Waals surface area (Å²) in [6.45, 7) is 0.862. The minimum atomic E-state index is 0.00201. The van der Waals surface area contributed by atoms with Crippen LogP contribution in [0.4, 0.5) is 10.5 Å². The number of rotatable bonds is 2. The van der Waals surface area contributed by atoms with Gasteiger partial charge in [-0.2, -0.15) is 5.10 Å². The summed E-state index contributed by atoms with van der Waals surface area (Å²) < 4.78 is 1.67. The van der Waals surface area contributed by atoms with E-state index in [0.29, 0.717) is 17.6 Å². The highest BCUT2D eigenvalue weighted by molar-refractivity contribution is 5.89. The van der Waals surface area contributed by atoms with Gasteiger partial charge in [-0.3, -0.25) is 0 Å². The van der Waals surface area contributed by atoms with Crippen LogP contribution in [0.1, 0.15) is 32.1 Å². The second-order valence-electron chi connectivity index (χ2n) is 6.39. The molecule has 4 rings (SSSR count). The van der Waals surface area contributed by atoms with Crippen LogP contribution in [0.15, 0.2) is 36.8 Å². The number of pyridine rings is 1. The number of hydrogen-bond acceptors (Lipinski definition) is 3. The van der Waals surface area contributed by atoms with Crippen molar-refractivity contribution in [2.45, 2.75) is 38.1 Å². The first-order valence-corrected chi connectivity index (χ1v) is 8.35. The van der Waals surface area contributed by atoms with Gasteiger partial charge < -0.3 is 10.2 Å². The summed E-state index contributed by atoms with van der Waals surface area (Å²) in [6, 6.07) is 6.09. The number of amides is 2. The van der Waals surface area contributed by atoms with E-state index >= 15 is 0 Å². The molecule has 2 amide bonds. The molecule has 1 saturated carbocycles. The van der Waals surface area contributed by atoms with Gasteiger partial charge in [0.15, 0.2) is 5.82 Å². The van der Waals surface area contributed by atoms with Gasteiger partial charge in [-0.1, -0.05) is 12.5 Å². The van der Waals surface area contributed by atoms with E-state index in [1.54, 1.807) is 23.3 Å². The van der Waals surface area contributed by atoms with Crippen LogP contribution < -0.4 is 5.32 Å². The Morgan fingerprint density at radius 1 is 1.22 bits per heavy atom. The quantitative estimate of drug-likeness (QED) is 0.927. The summed E-state index contributed by atoms with van der Waals surface area (Å²) in [7, 11) is 0. The van der Waals surface area contributed by atoms with Gasteiger partial charge in [-0.25, -0.2) is 14.5 Å². The Balaban J connectivity index is 1.46. The minimum Gasteiger partial charge on any atom is -0.321 e. The first-order valence-electron chi connectivity index (χ1n) is 8.35. The highest BCUT2D eigenvalue weighted by Crippen LogP contribution is 2.36. The van der Waals surface area contributed by atoms with Crippen molar-refractivity contribution in [3.8, 4) is 5.82 Å². The largest absolute Gasteiger partial charge is 0.322 e. The molecular weight excluding hydrogens is 290 g/mol. The van der Waals surface area contributed by atoms with Crippen LogP contribution >= 0.6 is 0 Å². The highest BCUT2D eigenvalue weighted by atomic mass is 16.2. The van der Waals surface area contributed by atoms with Crippen molar-refractivity contribution in [2.75, 3.05) is 11.9 Å². The monoisotopic (exact) mass is 311 g/mol. The molecule has 2 aromatic rings. The average molecular weight is 311 g/mol. The predicted octanol–water partition coefficient (Wildman–Crippen LogP) is 3.06. The minimum absolute atomic E-state index is 0.00201. The normalized spacial score (nSPS) is 23.6. The number of fused-ring (bicyclic) bond motifs is 1. The molecule has 1 N–H and O–H groups in total. The third-order valence-electron chi connectivity index (χ3n) is 4.97. The fourth-order valence-corrected chi connectivity index (χ4v) is 3.90. The number of aromatic nitrogens is 3. The molecule has 2 atom stereocenters. The molecule has 0 radical (unpaired) electrons. The van der Waals surface area contributed by atoms with E-state index in [0.717, 1.165) is 25.2 Å². The molecule has 0 aromatic carbocycles. The molecule has 0 unspecified atom stereocenters. The smallest absolute Gasteiger partial charge is 0.321 e. The van der Waals surface area contributed by atoms with Gasteiger partial charge in [-0.15, -0.1) is 0 Å². The summed E-state index contributed by atoms with van der Waals surface area (Å²) in [5, 5.41) is 7.26. The summed E-state index contributed by atoms with van der Waals surface area (Å²) in [4.78, 5) is 18.9. The van der Waals surface area contributed by atoms with Gasteiger partial charge in [0.25, 0.3) is 0 Å². The zero-order chi connectivity index (χ0) is 15.6. The lowest BCUT2D eigenvalue weighted by molar-refractivity contribution is 0.138. The van der Waals surface area contributed by atoms with Crippen LogP contribution in [0.3, 0.4) is 0 Å². The molecule has 1 aliphatic carbocycles. The number of urea groups is 1. The average Bonchev–Trinajstić information content (AvgIpc) is 3.24. The molecule has 1 aliphatic heterocycles. The Labute approximate surface area is 135 Å². The number of anilines is 1. The van der Waals surface area contributed by atoms with Crippen molar-refractivity contribution in [1.82, 2.24) is 19.7 Å². The van der Waals surface area contributed by atoms with Gasteiger partial charge in [-0.05, 0) is 43.7 Å². The van der Waals surface area contributed by atoms with E-state index in [9.17, 15) is 4.79 Å². The second kappa shape index (κ2) is 6.02. The van der Waals surface area contributed by atoms with E-state index < -0.39 is 0 Å². The predicted molar refractivity (Wildman–Crippen MR) is 87.4 cm³/mol. The zero-order valence-electron chi connectivity index (χ0n) is 13.1.